The number of rotatable bonds is 8. The Morgan fingerprint density at radius 2 is 1.81 bits per heavy atom. The summed E-state index contributed by atoms with van der Waals surface area (Å²) < 4.78 is 7.39. The van der Waals surface area contributed by atoms with E-state index in [0.29, 0.717) is 34.9 Å². The van der Waals surface area contributed by atoms with Crippen molar-refractivity contribution < 1.29 is 14.3 Å². The Bertz CT molecular complexity index is 1520. The minimum Gasteiger partial charge on any atom is -0.493 e. The van der Waals surface area contributed by atoms with E-state index < -0.39 is 0 Å². The van der Waals surface area contributed by atoms with Crippen LogP contribution in [-0.2, 0) is 6.54 Å². The van der Waals surface area contributed by atoms with Crippen molar-refractivity contribution in [3.8, 4) is 16.9 Å². The van der Waals surface area contributed by atoms with Gasteiger partial charge in [-0.3, -0.25) is 18.8 Å². The van der Waals surface area contributed by atoms with Gasteiger partial charge in [0.1, 0.15) is 17.8 Å². The van der Waals surface area contributed by atoms with Crippen LogP contribution in [0.2, 0.25) is 0 Å². The van der Waals surface area contributed by atoms with Gasteiger partial charge in [0, 0.05) is 18.3 Å². The average molecular weight is 502 g/mol. The first-order valence-electron chi connectivity index (χ1n) is 12.2. The van der Waals surface area contributed by atoms with Gasteiger partial charge in [0.05, 0.1) is 29.9 Å². The molecular formula is C28H31N5O4. The third-order valence-corrected chi connectivity index (χ3v) is 6.12. The van der Waals surface area contributed by atoms with Crippen LogP contribution in [0.3, 0.4) is 0 Å². The molecule has 9 nitrogen and oxygen atoms in total. The fraction of sp³-hybridized carbons (Fsp3) is 0.286. The van der Waals surface area contributed by atoms with Crippen molar-refractivity contribution in [1.29, 1.82) is 0 Å². The first-order valence-corrected chi connectivity index (χ1v) is 12.2. The van der Waals surface area contributed by atoms with Crippen LogP contribution < -0.4 is 20.9 Å². The van der Waals surface area contributed by atoms with Crippen molar-refractivity contribution in [3.05, 3.63) is 87.4 Å². The molecule has 2 amide bonds. The highest BCUT2D eigenvalue weighted by Gasteiger charge is 2.19. The Morgan fingerprint density at radius 3 is 2.46 bits per heavy atom. The molecule has 0 aliphatic carbocycles. The monoisotopic (exact) mass is 501 g/mol. The second kappa shape index (κ2) is 10.7. The van der Waals surface area contributed by atoms with E-state index in [1.54, 1.807) is 49.0 Å². The normalized spacial score (nSPS) is 11.1. The Kier molecular flexibility index (Phi) is 7.42. The number of nitrogens with one attached hydrogen (secondary N) is 3. The Hall–Kier alpha value is -4.40. The Morgan fingerprint density at radius 1 is 1.08 bits per heavy atom. The summed E-state index contributed by atoms with van der Waals surface area (Å²) in [5.74, 6) is 0.0666. The summed E-state index contributed by atoms with van der Waals surface area (Å²) in [7, 11) is 1.59. The number of H-pyrrole nitrogens is 1. The molecule has 192 valence electrons. The van der Waals surface area contributed by atoms with E-state index in [2.05, 4.69) is 20.6 Å². The first kappa shape index (κ1) is 25.7. The number of hydrogen-bond acceptors (Lipinski definition) is 5. The van der Waals surface area contributed by atoms with Crippen molar-refractivity contribution in [2.24, 2.45) is 0 Å². The van der Waals surface area contributed by atoms with E-state index in [4.69, 9.17) is 4.74 Å². The second-order valence-electron chi connectivity index (χ2n) is 9.07. The fourth-order valence-corrected chi connectivity index (χ4v) is 4.25. The molecule has 3 N–H and O–H groups in total. The molecular weight excluding hydrogens is 470 g/mol. The standard InChI is InChI=1S/C28H31N5O4/c1-6-37-24-11-17(4)32-27(35)21(24)14-30-28(36)23-13-20(12-22-25(16(2)3)31-15-33(22)23)18-7-9-19(10-8-18)26(34)29-5/h7-13,15-16H,6,14H2,1-5H3,(H,29,34)(H,30,36)(H,32,35). The highest BCUT2D eigenvalue weighted by Crippen LogP contribution is 2.28. The molecule has 3 aromatic heterocycles. The molecule has 37 heavy (non-hydrogen) atoms. The molecule has 0 spiro atoms. The lowest BCUT2D eigenvalue weighted by atomic mass is 10.0. The van der Waals surface area contributed by atoms with E-state index in [9.17, 15) is 14.4 Å². The molecule has 0 saturated carbocycles. The first-order chi connectivity index (χ1) is 17.7. The van der Waals surface area contributed by atoms with Gasteiger partial charge in [0.25, 0.3) is 17.4 Å². The third kappa shape index (κ3) is 5.25. The number of aromatic nitrogens is 3. The zero-order valence-corrected chi connectivity index (χ0v) is 21.6. The molecule has 9 heteroatoms. The summed E-state index contributed by atoms with van der Waals surface area (Å²) in [5, 5.41) is 5.49. The number of imidazole rings is 1. The van der Waals surface area contributed by atoms with E-state index in [1.807, 2.05) is 39.0 Å². The predicted octanol–water partition coefficient (Wildman–Crippen LogP) is 3.81. The van der Waals surface area contributed by atoms with Gasteiger partial charge in [-0.2, -0.15) is 0 Å². The Balaban J connectivity index is 1.73. The molecule has 1 aromatic carbocycles. The van der Waals surface area contributed by atoms with Gasteiger partial charge in [0.2, 0.25) is 0 Å². The number of carbonyl (C=O) groups excluding carboxylic acids is 2. The van der Waals surface area contributed by atoms with Crippen molar-refractivity contribution >= 4 is 17.3 Å². The van der Waals surface area contributed by atoms with Crippen LogP contribution in [0.4, 0.5) is 0 Å². The lowest BCUT2D eigenvalue weighted by Crippen LogP contribution is -2.29. The maximum Gasteiger partial charge on any atom is 0.268 e. The van der Waals surface area contributed by atoms with Gasteiger partial charge < -0.3 is 20.4 Å². The second-order valence-corrected chi connectivity index (χ2v) is 9.07. The van der Waals surface area contributed by atoms with Crippen LogP contribution in [0.1, 0.15) is 64.5 Å². The van der Waals surface area contributed by atoms with E-state index in [-0.39, 0.29) is 29.8 Å². The third-order valence-electron chi connectivity index (χ3n) is 6.12. The maximum absolute atomic E-state index is 13.5. The van der Waals surface area contributed by atoms with Crippen molar-refractivity contribution in [2.75, 3.05) is 13.7 Å². The molecule has 0 unspecified atom stereocenters. The van der Waals surface area contributed by atoms with Gasteiger partial charge in [-0.25, -0.2) is 4.98 Å². The summed E-state index contributed by atoms with van der Waals surface area (Å²) in [6, 6.07) is 12.7. The minimum atomic E-state index is -0.357. The SMILES string of the molecule is CCOc1cc(C)[nH]c(=O)c1CNC(=O)c1cc(-c2ccc(C(=O)NC)cc2)cc2c(C(C)C)ncn12. The summed E-state index contributed by atoms with van der Waals surface area (Å²) in [5.41, 5.74) is 5.01. The topological polar surface area (TPSA) is 118 Å². The molecule has 0 aliphatic heterocycles. The molecule has 3 heterocycles. The zero-order valence-electron chi connectivity index (χ0n) is 21.6. The van der Waals surface area contributed by atoms with Gasteiger partial charge in [-0.1, -0.05) is 26.0 Å². The number of ether oxygens (including phenoxy) is 1. The molecule has 0 atom stereocenters. The molecule has 0 saturated heterocycles. The molecule has 0 aliphatic rings. The van der Waals surface area contributed by atoms with Crippen molar-refractivity contribution in [2.45, 2.75) is 40.2 Å². The van der Waals surface area contributed by atoms with Crippen LogP contribution in [-0.4, -0.2) is 39.8 Å². The van der Waals surface area contributed by atoms with Crippen LogP contribution in [0.15, 0.2) is 53.6 Å². The van der Waals surface area contributed by atoms with E-state index in [0.717, 1.165) is 22.3 Å². The summed E-state index contributed by atoms with van der Waals surface area (Å²) in [4.78, 5) is 45.3. The van der Waals surface area contributed by atoms with Crippen LogP contribution in [0.5, 0.6) is 5.75 Å². The minimum absolute atomic E-state index is 0.00205. The average Bonchev–Trinajstić information content (AvgIpc) is 3.31. The highest BCUT2D eigenvalue weighted by atomic mass is 16.5. The fourth-order valence-electron chi connectivity index (χ4n) is 4.25. The van der Waals surface area contributed by atoms with Crippen LogP contribution in [0.25, 0.3) is 16.6 Å². The number of aromatic amines is 1. The van der Waals surface area contributed by atoms with Crippen molar-refractivity contribution in [1.82, 2.24) is 25.0 Å². The lowest BCUT2D eigenvalue weighted by Gasteiger charge is -2.14. The lowest BCUT2D eigenvalue weighted by molar-refractivity contribution is 0.0941. The van der Waals surface area contributed by atoms with E-state index in [1.165, 1.54) is 0 Å². The number of hydrogen-bond donors (Lipinski definition) is 3. The zero-order chi connectivity index (χ0) is 26.7. The quantitative estimate of drug-likeness (QED) is 0.339. The van der Waals surface area contributed by atoms with Crippen LogP contribution >= 0.6 is 0 Å². The number of fused-ring (bicyclic) bond motifs is 1. The number of amides is 2. The molecule has 0 radical (unpaired) electrons. The van der Waals surface area contributed by atoms with E-state index >= 15 is 0 Å². The number of benzene rings is 1. The molecule has 0 bridgehead atoms. The highest BCUT2D eigenvalue weighted by molar-refractivity contribution is 5.96. The van der Waals surface area contributed by atoms with Gasteiger partial charge >= 0.3 is 0 Å². The number of pyridine rings is 2. The maximum atomic E-state index is 13.5. The van der Waals surface area contributed by atoms with Crippen molar-refractivity contribution in [3.63, 3.8) is 0 Å². The summed E-state index contributed by atoms with van der Waals surface area (Å²) in [6.07, 6.45) is 1.64. The van der Waals surface area contributed by atoms with Gasteiger partial charge in [-0.05, 0) is 61.2 Å². The number of nitrogens with zero attached hydrogens (tertiary/aromatic N) is 2. The summed E-state index contributed by atoms with van der Waals surface area (Å²) in [6.45, 7) is 8.12. The smallest absolute Gasteiger partial charge is 0.268 e. The van der Waals surface area contributed by atoms with Gasteiger partial charge in [0.15, 0.2) is 0 Å². The largest absolute Gasteiger partial charge is 0.493 e. The van der Waals surface area contributed by atoms with Gasteiger partial charge in [-0.15, -0.1) is 0 Å². The number of carbonyl (C=O) groups is 2. The molecule has 4 aromatic rings. The molecule has 0 fully saturated rings. The van der Waals surface area contributed by atoms with Crippen LogP contribution in [0, 0.1) is 6.92 Å². The number of aryl methyl sites for hydroxylation is 1. The molecule has 4 rings (SSSR count). The Labute approximate surface area is 214 Å². The summed E-state index contributed by atoms with van der Waals surface area (Å²) >= 11 is 0. The predicted molar refractivity (Wildman–Crippen MR) is 142 cm³/mol.